The van der Waals surface area contributed by atoms with Crippen molar-refractivity contribution in [1.82, 2.24) is 0 Å². The zero-order valence-electron chi connectivity index (χ0n) is 12.4. The van der Waals surface area contributed by atoms with Gasteiger partial charge >= 0.3 is 0 Å². The average molecular weight is 257 g/mol. The highest BCUT2D eigenvalue weighted by Crippen LogP contribution is 2.21. The van der Waals surface area contributed by atoms with E-state index in [1.165, 1.54) is 60.8 Å². The molecule has 0 aliphatic heterocycles. The second kappa shape index (κ2) is 6.91. The summed E-state index contributed by atoms with van der Waals surface area (Å²) < 4.78 is 0. The summed E-state index contributed by atoms with van der Waals surface area (Å²) >= 11 is 0. The van der Waals surface area contributed by atoms with Crippen LogP contribution in [0.3, 0.4) is 0 Å². The third-order valence-electron chi connectivity index (χ3n) is 4.04. The summed E-state index contributed by atoms with van der Waals surface area (Å²) in [5.74, 6) is 0. The van der Waals surface area contributed by atoms with E-state index >= 15 is 0 Å². The van der Waals surface area contributed by atoms with Crippen LogP contribution < -0.4 is 5.73 Å². The van der Waals surface area contributed by atoms with Gasteiger partial charge in [-0.3, -0.25) is 0 Å². The smallest absolute Gasteiger partial charge is 0.0294 e. The van der Waals surface area contributed by atoms with Gasteiger partial charge < -0.3 is 5.73 Å². The second-order valence-electron chi connectivity index (χ2n) is 6.04. The molecule has 0 amide bonds. The van der Waals surface area contributed by atoms with E-state index in [1.807, 2.05) is 0 Å². The predicted molar refractivity (Wildman–Crippen MR) is 83.4 cm³/mol. The van der Waals surface area contributed by atoms with Gasteiger partial charge in [-0.25, -0.2) is 0 Å². The summed E-state index contributed by atoms with van der Waals surface area (Å²) in [6.45, 7) is 4.33. The van der Waals surface area contributed by atoms with Crippen LogP contribution in [0.15, 0.2) is 29.8 Å². The normalized spacial score (nSPS) is 21.1. The van der Waals surface area contributed by atoms with Crippen LogP contribution in [-0.4, -0.2) is 6.04 Å². The van der Waals surface area contributed by atoms with Crippen LogP contribution in [0.25, 0.3) is 0 Å². The van der Waals surface area contributed by atoms with Crippen LogP contribution in [0.5, 0.6) is 0 Å². The van der Waals surface area contributed by atoms with Crippen LogP contribution in [0.1, 0.15) is 55.2 Å². The summed E-state index contributed by atoms with van der Waals surface area (Å²) in [5.41, 5.74) is 12.0. The Morgan fingerprint density at radius 2 is 1.68 bits per heavy atom. The molecule has 1 atom stereocenters. The van der Waals surface area contributed by atoms with Gasteiger partial charge in [0.2, 0.25) is 0 Å². The van der Waals surface area contributed by atoms with Gasteiger partial charge in [-0.15, -0.1) is 0 Å². The van der Waals surface area contributed by atoms with E-state index in [0.29, 0.717) is 0 Å². The molecule has 1 heteroatoms. The number of rotatable bonds is 3. The Balaban J connectivity index is 2.04. The molecule has 0 spiro atoms. The van der Waals surface area contributed by atoms with Crippen molar-refractivity contribution < 1.29 is 0 Å². The lowest BCUT2D eigenvalue weighted by atomic mass is 9.91. The summed E-state index contributed by atoms with van der Waals surface area (Å²) in [6.07, 6.45) is 11.2. The van der Waals surface area contributed by atoms with Crippen LogP contribution in [0, 0.1) is 13.8 Å². The Hall–Kier alpha value is -1.08. The fourth-order valence-electron chi connectivity index (χ4n) is 3.13. The van der Waals surface area contributed by atoms with Crippen molar-refractivity contribution >= 4 is 0 Å². The molecule has 2 rings (SSSR count). The highest BCUT2D eigenvalue weighted by molar-refractivity contribution is 5.30. The van der Waals surface area contributed by atoms with Crippen molar-refractivity contribution in [3.63, 3.8) is 0 Å². The van der Waals surface area contributed by atoms with E-state index in [4.69, 9.17) is 5.73 Å². The van der Waals surface area contributed by atoms with E-state index in [9.17, 15) is 0 Å². The first-order valence-corrected chi connectivity index (χ1v) is 7.67. The number of hydrogen-bond acceptors (Lipinski definition) is 1. The molecule has 19 heavy (non-hydrogen) atoms. The molecule has 0 saturated carbocycles. The van der Waals surface area contributed by atoms with Gasteiger partial charge in [0.25, 0.3) is 0 Å². The fourth-order valence-corrected chi connectivity index (χ4v) is 3.13. The molecule has 104 valence electrons. The molecule has 0 heterocycles. The topological polar surface area (TPSA) is 26.0 Å². The van der Waals surface area contributed by atoms with Crippen molar-refractivity contribution in [1.29, 1.82) is 0 Å². The third-order valence-corrected chi connectivity index (χ3v) is 4.04. The molecule has 1 aliphatic carbocycles. The van der Waals surface area contributed by atoms with Gasteiger partial charge in [0.05, 0.1) is 0 Å². The molecule has 1 aromatic rings. The number of allylic oxidation sites excluding steroid dienone is 1. The highest BCUT2D eigenvalue weighted by Gasteiger charge is 2.12. The van der Waals surface area contributed by atoms with Crippen LogP contribution >= 0.6 is 0 Å². The summed E-state index contributed by atoms with van der Waals surface area (Å²) in [5, 5.41) is 0. The molecule has 0 saturated heterocycles. The van der Waals surface area contributed by atoms with Gasteiger partial charge in [-0.2, -0.15) is 0 Å². The number of benzene rings is 1. The SMILES string of the molecule is Cc1cc(C)cc(CC(N)/C2=C/CCCCCC2)c1. The van der Waals surface area contributed by atoms with E-state index in [1.54, 1.807) is 0 Å². The molecule has 1 nitrogen and oxygen atoms in total. The monoisotopic (exact) mass is 257 g/mol. The largest absolute Gasteiger partial charge is 0.324 e. The van der Waals surface area contributed by atoms with Crippen LogP contribution in [-0.2, 0) is 6.42 Å². The number of aryl methyl sites for hydroxylation is 2. The van der Waals surface area contributed by atoms with E-state index in [0.717, 1.165) is 6.42 Å². The van der Waals surface area contributed by atoms with Crippen molar-refractivity contribution in [2.24, 2.45) is 5.73 Å². The summed E-state index contributed by atoms with van der Waals surface area (Å²) in [4.78, 5) is 0. The predicted octanol–water partition coefficient (Wildman–Crippen LogP) is 4.45. The lowest BCUT2D eigenvalue weighted by molar-refractivity contribution is 0.594. The summed E-state index contributed by atoms with van der Waals surface area (Å²) in [7, 11) is 0. The molecule has 1 unspecified atom stereocenters. The van der Waals surface area contributed by atoms with Gasteiger partial charge in [-0.1, -0.05) is 53.8 Å². The Bertz CT molecular complexity index is 425. The van der Waals surface area contributed by atoms with Crippen molar-refractivity contribution in [2.75, 3.05) is 0 Å². The van der Waals surface area contributed by atoms with Crippen molar-refractivity contribution in [3.8, 4) is 0 Å². The molecule has 0 aromatic heterocycles. The molecule has 0 bridgehead atoms. The first-order chi connectivity index (χ1) is 9.15. The average Bonchev–Trinajstić information content (AvgIpc) is 2.26. The number of nitrogens with two attached hydrogens (primary N) is 1. The Labute approximate surface area is 117 Å². The van der Waals surface area contributed by atoms with Crippen molar-refractivity contribution in [2.45, 2.75) is 64.8 Å². The Morgan fingerprint density at radius 1 is 1.00 bits per heavy atom. The fraction of sp³-hybridized carbons (Fsp3) is 0.556. The number of hydrogen-bond donors (Lipinski definition) is 1. The maximum Gasteiger partial charge on any atom is 0.0294 e. The zero-order chi connectivity index (χ0) is 13.7. The van der Waals surface area contributed by atoms with Gasteiger partial charge in [-0.05, 0) is 51.5 Å². The minimum Gasteiger partial charge on any atom is -0.324 e. The van der Waals surface area contributed by atoms with E-state index in [-0.39, 0.29) is 6.04 Å². The maximum absolute atomic E-state index is 6.43. The minimum absolute atomic E-state index is 0.208. The van der Waals surface area contributed by atoms with Gasteiger partial charge in [0.1, 0.15) is 0 Å². The summed E-state index contributed by atoms with van der Waals surface area (Å²) in [6, 6.07) is 6.98. The maximum atomic E-state index is 6.43. The lowest BCUT2D eigenvalue weighted by Gasteiger charge is -2.19. The molecule has 2 N–H and O–H groups in total. The molecular weight excluding hydrogens is 230 g/mol. The lowest BCUT2D eigenvalue weighted by Crippen LogP contribution is -2.26. The highest BCUT2D eigenvalue weighted by atomic mass is 14.6. The second-order valence-corrected chi connectivity index (χ2v) is 6.04. The molecule has 0 fully saturated rings. The molecule has 1 aromatic carbocycles. The zero-order valence-corrected chi connectivity index (χ0v) is 12.4. The molecule has 1 aliphatic rings. The molecular formula is C18H27N. The van der Waals surface area contributed by atoms with Crippen LogP contribution in [0.4, 0.5) is 0 Å². The Morgan fingerprint density at radius 3 is 2.42 bits per heavy atom. The molecule has 0 radical (unpaired) electrons. The van der Waals surface area contributed by atoms with Crippen molar-refractivity contribution in [3.05, 3.63) is 46.5 Å². The van der Waals surface area contributed by atoms with E-state index in [2.05, 4.69) is 38.1 Å². The first kappa shape index (κ1) is 14.3. The van der Waals surface area contributed by atoms with Gasteiger partial charge in [0.15, 0.2) is 0 Å². The standard InChI is InChI=1S/C18H27N/c1-14-10-15(2)12-16(11-14)13-18(19)17-8-6-4-3-5-7-9-17/h8,10-12,18H,3-7,9,13,19H2,1-2H3/b17-8+. The minimum atomic E-state index is 0.208. The first-order valence-electron chi connectivity index (χ1n) is 7.67. The van der Waals surface area contributed by atoms with Crippen LogP contribution in [0.2, 0.25) is 0 Å². The quantitative estimate of drug-likeness (QED) is 0.795. The Kier molecular flexibility index (Phi) is 5.21. The third kappa shape index (κ3) is 4.50. The van der Waals surface area contributed by atoms with E-state index < -0.39 is 0 Å². The van der Waals surface area contributed by atoms with Gasteiger partial charge in [0, 0.05) is 6.04 Å².